The molecule has 0 aliphatic carbocycles. The number of nitrogens with zero attached hydrogens (tertiary/aromatic N) is 1. The Kier molecular flexibility index (Phi) is 10.4. The number of carbonyl (C=O) groups is 2. The number of carbonyl (C=O) groups excluding carboxylic acids is 1. The topological polar surface area (TPSA) is 99.1 Å². The summed E-state index contributed by atoms with van der Waals surface area (Å²) < 4.78 is 5.15. The van der Waals surface area contributed by atoms with Gasteiger partial charge in [-0.25, -0.2) is 10.3 Å². The molecule has 7 nitrogen and oxygen atoms in total. The number of methoxy groups -OCH3 is 1. The Hall–Kier alpha value is -2.74. The monoisotopic (exact) mass is 374 g/mol. The van der Waals surface area contributed by atoms with Gasteiger partial charge in [-0.1, -0.05) is 24.3 Å². The van der Waals surface area contributed by atoms with Crippen LogP contribution in [0.1, 0.15) is 27.9 Å². The van der Waals surface area contributed by atoms with E-state index in [1.807, 2.05) is 30.3 Å². The lowest BCUT2D eigenvalue weighted by Crippen LogP contribution is -2.24. The second-order valence-corrected chi connectivity index (χ2v) is 5.74. The number of benzene rings is 2. The van der Waals surface area contributed by atoms with Crippen LogP contribution in [0.5, 0.6) is 5.75 Å². The summed E-state index contributed by atoms with van der Waals surface area (Å²) in [6.07, 6.45) is 1.34. The second kappa shape index (κ2) is 12.6. The van der Waals surface area contributed by atoms with E-state index in [9.17, 15) is 9.59 Å². The SMILES string of the molecule is CNO.COc1ccc(CN(CCC=O)Cc2cccc(C(=O)O)c2)cc1. The lowest BCUT2D eigenvalue weighted by molar-refractivity contribution is -0.108. The molecule has 0 saturated carbocycles. The van der Waals surface area contributed by atoms with Crippen LogP contribution in [0.4, 0.5) is 0 Å². The summed E-state index contributed by atoms with van der Waals surface area (Å²) in [5.74, 6) is -0.140. The molecule has 7 heteroatoms. The van der Waals surface area contributed by atoms with Gasteiger partial charge in [-0.05, 0) is 35.4 Å². The van der Waals surface area contributed by atoms with Crippen molar-refractivity contribution >= 4 is 12.3 Å². The summed E-state index contributed by atoms with van der Waals surface area (Å²) in [6, 6.07) is 14.7. The standard InChI is InChI=1S/C19H21NO4.CH5NO/c1-24-18-8-6-15(7-9-18)13-20(10-3-11-21)14-16-4-2-5-17(12-16)19(22)23;1-2-3/h2,4-9,11-12H,3,10,13-14H2,1H3,(H,22,23);2-3H,1H3. The molecule has 27 heavy (non-hydrogen) atoms. The van der Waals surface area contributed by atoms with Crippen molar-refractivity contribution in [3.63, 3.8) is 0 Å². The van der Waals surface area contributed by atoms with E-state index < -0.39 is 5.97 Å². The van der Waals surface area contributed by atoms with E-state index in [0.29, 0.717) is 26.1 Å². The maximum atomic E-state index is 11.1. The van der Waals surface area contributed by atoms with Crippen molar-refractivity contribution in [2.75, 3.05) is 20.7 Å². The molecular weight excluding hydrogens is 348 g/mol. The fraction of sp³-hybridized carbons (Fsp3) is 0.300. The molecule has 2 aromatic rings. The molecule has 0 unspecified atom stereocenters. The highest BCUT2D eigenvalue weighted by molar-refractivity contribution is 5.87. The van der Waals surface area contributed by atoms with Gasteiger partial charge < -0.3 is 19.8 Å². The highest BCUT2D eigenvalue weighted by atomic mass is 16.5. The molecular formula is C20H26N2O5. The third-order valence-corrected chi connectivity index (χ3v) is 3.71. The average molecular weight is 374 g/mol. The molecule has 0 heterocycles. The average Bonchev–Trinajstić information content (AvgIpc) is 2.67. The first-order valence-corrected chi connectivity index (χ1v) is 8.46. The smallest absolute Gasteiger partial charge is 0.335 e. The summed E-state index contributed by atoms with van der Waals surface area (Å²) >= 11 is 0. The maximum Gasteiger partial charge on any atom is 0.335 e. The van der Waals surface area contributed by atoms with E-state index in [2.05, 4.69) is 4.90 Å². The molecule has 0 atom stereocenters. The zero-order valence-electron chi connectivity index (χ0n) is 15.6. The van der Waals surface area contributed by atoms with Crippen molar-refractivity contribution in [1.82, 2.24) is 10.4 Å². The van der Waals surface area contributed by atoms with Crippen LogP contribution in [0, 0.1) is 0 Å². The summed E-state index contributed by atoms with van der Waals surface area (Å²) in [5.41, 5.74) is 4.04. The Morgan fingerprint density at radius 2 is 1.78 bits per heavy atom. The predicted molar refractivity (Wildman–Crippen MR) is 102 cm³/mol. The fourth-order valence-electron chi connectivity index (χ4n) is 2.50. The van der Waals surface area contributed by atoms with E-state index >= 15 is 0 Å². The highest BCUT2D eigenvalue weighted by Gasteiger charge is 2.09. The molecule has 0 bridgehead atoms. The van der Waals surface area contributed by atoms with Gasteiger partial charge in [-0.2, -0.15) is 0 Å². The van der Waals surface area contributed by atoms with Crippen LogP contribution < -0.4 is 10.2 Å². The number of carboxylic acids is 1. The zero-order chi connectivity index (χ0) is 20.1. The van der Waals surface area contributed by atoms with Crippen molar-refractivity contribution in [1.29, 1.82) is 0 Å². The molecule has 2 rings (SSSR count). The first-order valence-electron chi connectivity index (χ1n) is 8.46. The van der Waals surface area contributed by atoms with Gasteiger partial charge in [0.15, 0.2) is 0 Å². The number of hydrogen-bond acceptors (Lipinski definition) is 6. The van der Waals surface area contributed by atoms with Gasteiger partial charge in [-0.15, -0.1) is 0 Å². The van der Waals surface area contributed by atoms with E-state index in [-0.39, 0.29) is 5.56 Å². The quantitative estimate of drug-likeness (QED) is 0.458. The lowest BCUT2D eigenvalue weighted by atomic mass is 10.1. The minimum atomic E-state index is -0.938. The lowest BCUT2D eigenvalue weighted by Gasteiger charge is -2.22. The largest absolute Gasteiger partial charge is 0.497 e. The Morgan fingerprint density at radius 1 is 1.15 bits per heavy atom. The van der Waals surface area contributed by atoms with Crippen LogP contribution in [0.2, 0.25) is 0 Å². The van der Waals surface area contributed by atoms with Gasteiger partial charge in [0.1, 0.15) is 12.0 Å². The maximum absolute atomic E-state index is 11.1. The molecule has 0 amide bonds. The summed E-state index contributed by atoms with van der Waals surface area (Å²) in [6.45, 7) is 1.88. The summed E-state index contributed by atoms with van der Waals surface area (Å²) in [5, 5.41) is 16.4. The van der Waals surface area contributed by atoms with Gasteiger partial charge in [0.2, 0.25) is 0 Å². The summed E-state index contributed by atoms with van der Waals surface area (Å²) in [7, 11) is 3.06. The molecule has 0 aliphatic rings. The fourth-order valence-corrected chi connectivity index (χ4v) is 2.50. The summed E-state index contributed by atoms with van der Waals surface area (Å²) in [4.78, 5) is 23.9. The van der Waals surface area contributed by atoms with Crippen molar-refractivity contribution in [3.8, 4) is 5.75 Å². The predicted octanol–water partition coefficient (Wildman–Crippen LogP) is 2.58. The molecule has 0 fully saturated rings. The number of ether oxygens (including phenoxy) is 1. The van der Waals surface area contributed by atoms with Crippen molar-refractivity contribution < 1.29 is 24.6 Å². The van der Waals surface area contributed by atoms with Gasteiger partial charge in [-0.3, -0.25) is 4.90 Å². The third-order valence-electron chi connectivity index (χ3n) is 3.71. The molecule has 2 aromatic carbocycles. The van der Waals surface area contributed by atoms with Crippen molar-refractivity contribution in [2.45, 2.75) is 19.5 Å². The number of nitrogens with one attached hydrogen (secondary N) is 1. The zero-order valence-corrected chi connectivity index (χ0v) is 15.6. The van der Waals surface area contributed by atoms with Crippen molar-refractivity contribution in [3.05, 3.63) is 65.2 Å². The number of hydrogen-bond donors (Lipinski definition) is 3. The van der Waals surface area contributed by atoms with E-state index in [1.165, 1.54) is 7.05 Å². The van der Waals surface area contributed by atoms with Crippen LogP contribution in [-0.4, -0.2) is 48.2 Å². The number of hydroxylamine groups is 1. The molecule has 0 spiro atoms. The number of rotatable bonds is 9. The molecule has 3 N–H and O–H groups in total. The van der Waals surface area contributed by atoms with Gasteiger partial charge in [0.25, 0.3) is 0 Å². The van der Waals surface area contributed by atoms with E-state index in [4.69, 9.17) is 15.1 Å². The third kappa shape index (κ3) is 8.46. The number of aldehydes is 1. The number of aromatic carboxylic acids is 1. The molecule has 0 radical (unpaired) electrons. The molecule has 0 aromatic heterocycles. The Bertz CT molecular complexity index is 704. The molecule has 0 saturated heterocycles. The Balaban J connectivity index is 0.00000114. The highest BCUT2D eigenvalue weighted by Crippen LogP contribution is 2.15. The van der Waals surface area contributed by atoms with Crippen LogP contribution in [-0.2, 0) is 17.9 Å². The first-order chi connectivity index (χ1) is 13.0. The van der Waals surface area contributed by atoms with E-state index in [1.54, 1.807) is 30.8 Å². The number of carboxylic acid groups (broad SMARTS) is 1. The van der Waals surface area contributed by atoms with Crippen LogP contribution >= 0.6 is 0 Å². The second-order valence-electron chi connectivity index (χ2n) is 5.74. The van der Waals surface area contributed by atoms with Crippen LogP contribution in [0.15, 0.2) is 48.5 Å². The Morgan fingerprint density at radius 3 is 2.33 bits per heavy atom. The van der Waals surface area contributed by atoms with Crippen molar-refractivity contribution in [2.24, 2.45) is 0 Å². The van der Waals surface area contributed by atoms with E-state index in [0.717, 1.165) is 23.2 Å². The normalized spacial score (nSPS) is 10.1. The Labute approximate surface area is 159 Å². The molecule has 146 valence electrons. The minimum absolute atomic E-state index is 0.271. The first kappa shape index (κ1) is 22.3. The van der Waals surface area contributed by atoms with Crippen LogP contribution in [0.25, 0.3) is 0 Å². The van der Waals surface area contributed by atoms with Gasteiger partial charge in [0, 0.05) is 33.1 Å². The van der Waals surface area contributed by atoms with Gasteiger partial charge in [0.05, 0.1) is 12.7 Å². The van der Waals surface area contributed by atoms with Gasteiger partial charge >= 0.3 is 5.97 Å². The van der Waals surface area contributed by atoms with Crippen LogP contribution in [0.3, 0.4) is 0 Å². The minimum Gasteiger partial charge on any atom is -0.497 e. The molecule has 0 aliphatic heterocycles.